The lowest BCUT2D eigenvalue weighted by molar-refractivity contribution is 0.0981. The number of urea groups is 1. The molecule has 1 aromatic carbocycles. The van der Waals surface area contributed by atoms with E-state index < -0.39 is 5.82 Å². The van der Waals surface area contributed by atoms with Crippen molar-refractivity contribution >= 4 is 11.7 Å². The Bertz CT molecular complexity index is 708. The van der Waals surface area contributed by atoms with Crippen molar-refractivity contribution in [2.45, 2.75) is 25.9 Å². The van der Waals surface area contributed by atoms with Gasteiger partial charge in [0.15, 0.2) is 5.82 Å². The molecule has 1 N–H and O–H groups in total. The van der Waals surface area contributed by atoms with Gasteiger partial charge in [-0.2, -0.15) is 0 Å². The van der Waals surface area contributed by atoms with Gasteiger partial charge in [0.2, 0.25) is 0 Å². The largest absolute Gasteiger partial charge is 0.458 e. The Labute approximate surface area is 139 Å². The Morgan fingerprint density at radius 1 is 1.38 bits per heavy atom. The molecule has 1 aliphatic heterocycles. The average molecular weight is 330 g/mol. The molecule has 6 nitrogen and oxygen atoms in total. The third kappa shape index (κ3) is 4.18. The smallest absolute Gasteiger partial charge is 0.321 e. The lowest BCUT2D eigenvalue weighted by Gasteiger charge is -2.32. The van der Waals surface area contributed by atoms with Crippen molar-refractivity contribution in [3.05, 3.63) is 48.0 Å². The third-order valence-electron chi connectivity index (χ3n) is 3.80. The minimum absolute atomic E-state index is 0.127. The fourth-order valence-corrected chi connectivity index (χ4v) is 2.65. The van der Waals surface area contributed by atoms with Gasteiger partial charge in [0.1, 0.15) is 6.10 Å². The Morgan fingerprint density at radius 3 is 2.92 bits per heavy atom. The fraction of sp³-hybridized carbons (Fsp3) is 0.353. The van der Waals surface area contributed by atoms with Crippen LogP contribution in [-0.2, 0) is 0 Å². The van der Waals surface area contributed by atoms with E-state index in [2.05, 4.69) is 15.3 Å². The number of anilines is 1. The van der Waals surface area contributed by atoms with Crippen molar-refractivity contribution in [2.24, 2.45) is 0 Å². The zero-order valence-electron chi connectivity index (χ0n) is 13.4. The summed E-state index contributed by atoms with van der Waals surface area (Å²) >= 11 is 0. The van der Waals surface area contributed by atoms with Gasteiger partial charge in [0.25, 0.3) is 0 Å². The SMILES string of the molecule is Cc1cccc(NC(=O)N2CCCC(Oc3ncc(F)cn3)C2)c1. The standard InChI is InChI=1S/C17H19FN4O2/c1-12-4-2-5-14(8-12)21-17(23)22-7-3-6-15(11-22)24-16-19-9-13(18)10-20-16/h2,4-5,8-10,15H,3,6-7,11H2,1H3,(H,21,23). The second kappa shape index (κ2) is 7.25. The van der Waals surface area contributed by atoms with E-state index >= 15 is 0 Å². The summed E-state index contributed by atoms with van der Waals surface area (Å²) in [5.74, 6) is -0.509. The summed E-state index contributed by atoms with van der Waals surface area (Å²) < 4.78 is 18.5. The van der Waals surface area contributed by atoms with Crippen LogP contribution in [0.25, 0.3) is 0 Å². The van der Waals surface area contributed by atoms with Crippen molar-refractivity contribution in [3.8, 4) is 6.01 Å². The van der Waals surface area contributed by atoms with E-state index in [0.29, 0.717) is 13.1 Å². The van der Waals surface area contributed by atoms with E-state index in [1.54, 1.807) is 4.90 Å². The number of nitrogens with zero attached hydrogens (tertiary/aromatic N) is 3. The van der Waals surface area contributed by atoms with Crippen LogP contribution in [0, 0.1) is 12.7 Å². The molecule has 24 heavy (non-hydrogen) atoms. The summed E-state index contributed by atoms with van der Waals surface area (Å²) in [6, 6.07) is 7.62. The summed E-state index contributed by atoms with van der Waals surface area (Å²) in [5.41, 5.74) is 1.85. The first-order valence-electron chi connectivity index (χ1n) is 7.87. The highest BCUT2D eigenvalue weighted by molar-refractivity contribution is 5.89. The molecule has 1 unspecified atom stereocenters. The molecule has 126 valence electrons. The number of aromatic nitrogens is 2. The second-order valence-electron chi connectivity index (χ2n) is 5.81. The molecule has 1 saturated heterocycles. The zero-order chi connectivity index (χ0) is 16.9. The highest BCUT2D eigenvalue weighted by Crippen LogP contribution is 2.17. The van der Waals surface area contributed by atoms with E-state index in [0.717, 1.165) is 36.5 Å². The highest BCUT2D eigenvalue weighted by Gasteiger charge is 2.25. The van der Waals surface area contributed by atoms with E-state index in [4.69, 9.17) is 4.74 Å². The van der Waals surface area contributed by atoms with Crippen molar-refractivity contribution < 1.29 is 13.9 Å². The van der Waals surface area contributed by atoms with Crippen LogP contribution in [0.4, 0.5) is 14.9 Å². The number of rotatable bonds is 3. The average Bonchev–Trinajstić information content (AvgIpc) is 2.57. The number of ether oxygens (including phenoxy) is 1. The number of carbonyl (C=O) groups excluding carboxylic acids is 1. The van der Waals surface area contributed by atoms with Gasteiger partial charge in [-0.15, -0.1) is 0 Å². The van der Waals surface area contributed by atoms with Crippen LogP contribution in [-0.4, -0.2) is 40.1 Å². The van der Waals surface area contributed by atoms with Crippen molar-refractivity contribution in [2.75, 3.05) is 18.4 Å². The molecule has 1 aromatic heterocycles. The molecule has 2 heterocycles. The van der Waals surface area contributed by atoms with Gasteiger partial charge in [-0.25, -0.2) is 19.2 Å². The number of amides is 2. The summed E-state index contributed by atoms with van der Waals surface area (Å²) in [5, 5.41) is 2.89. The molecule has 2 amide bonds. The summed E-state index contributed by atoms with van der Waals surface area (Å²) in [4.78, 5) is 21.7. The molecule has 0 saturated carbocycles. The molecular weight excluding hydrogens is 311 g/mol. The second-order valence-corrected chi connectivity index (χ2v) is 5.81. The van der Waals surface area contributed by atoms with Crippen molar-refractivity contribution in [1.29, 1.82) is 0 Å². The van der Waals surface area contributed by atoms with Gasteiger partial charge >= 0.3 is 12.0 Å². The Morgan fingerprint density at radius 2 is 2.17 bits per heavy atom. The molecule has 0 spiro atoms. The van der Waals surface area contributed by atoms with Crippen LogP contribution in [0.2, 0.25) is 0 Å². The number of halogens is 1. The lowest BCUT2D eigenvalue weighted by Crippen LogP contribution is -2.46. The number of likely N-dealkylation sites (tertiary alicyclic amines) is 1. The van der Waals surface area contributed by atoms with E-state index in [1.165, 1.54) is 0 Å². The molecule has 1 atom stereocenters. The van der Waals surface area contributed by atoms with Gasteiger partial charge in [0, 0.05) is 12.2 Å². The van der Waals surface area contributed by atoms with Gasteiger partial charge in [-0.3, -0.25) is 0 Å². The molecule has 7 heteroatoms. The van der Waals surface area contributed by atoms with Crippen LogP contribution in [0.1, 0.15) is 18.4 Å². The fourth-order valence-electron chi connectivity index (χ4n) is 2.65. The first kappa shape index (κ1) is 16.2. The molecular formula is C17H19FN4O2. The quantitative estimate of drug-likeness (QED) is 0.939. The minimum atomic E-state index is -0.509. The summed E-state index contributed by atoms with van der Waals surface area (Å²) in [7, 11) is 0. The van der Waals surface area contributed by atoms with Crippen LogP contribution in [0.5, 0.6) is 6.01 Å². The first-order chi connectivity index (χ1) is 11.6. The zero-order valence-corrected chi connectivity index (χ0v) is 13.4. The Balaban J connectivity index is 1.58. The van der Waals surface area contributed by atoms with Crippen LogP contribution in [0.15, 0.2) is 36.7 Å². The first-order valence-corrected chi connectivity index (χ1v) is 7.87. The number of carbonyl (C=O) groups is 1. The molecule has 1 aliphatic rings. The number of benzene rings is 1. The number of hydrogen-bond donors (Lipinski definition) is 1. The summed E-state index contributed by atoms with van der Waals surface area (Å²) in [6.07, 6.45) is 3.55. The van der Waals surface area contributed by atoms with Crippen LogP contribution in [0.3, 0.4) is 0 Å². The van der Waals surface area contributed by atoms with Gasteiger partial charge in [-0.05, 0) is 37.5 Å². The maximum atomic E-state index is 12.8. The van der Waals surface area contributed by atoms with Gasteiger partial charge < -0.3 is 15.0 Å². The van der Waals surface area contributed by atoms with E-state index in [1.807, 2.05) is 31.2 Å². The molecule has 0 radical (unpaired) electrons. The Hall–Kier alpha value is -2.70. The van der Waals surface area contributed by atoms with Gasteiger partial charge in [-0.1, -0.05) is 12.1 Å². The maximum Gasteiger partial charge on any atom is 0.321 e. The third-order valence-corrected chi connectivity index (χ3v) is 3.80. The number of hydrogen-bond acceptors (Lipinski definition) is 4. The predicted molar refractivity (Wildman–Crippen MR) is 87.4 cm³/mol. The Kier molecular flexibility index (Phi) is 4.88. The lowest BCUT2D eigenvalue weighted by atomic mass is 10.1. The summed E-state index contributed by atoms with van der Waals surface area (Å²) in [6.45, 7) is 3.09. The molecule has 0 aliphatic carbocycles. The van der Waals surface area contributed by atoms with Crippen molar-refractivity contribution in [3.63, 3.8) is 0 Å². The number of aryl methyl sites for hydroxylation is 1. The van der Waals surface area contributed by atoms with Crippen molar-refractivity contribution in [1.82, 2.24) is 14.9 Å². The van der Waals surface area contributed by atoms with Crippen LogP contribution < -0.4 is 10.1 Å². The maximum absolute atomic E-state index is 12.8. The molecule has 3 rings (SSSR count). The highest BCUT2D eigenvalue weighted by atomic mass is 19.1. The normalized spacial score (nSPS) is 17.4. The van der Waals surface area contributed by atoms with Crippen LogP contribution >= 0.6 is 0 Å². The van der Waals surface area contributed by atoms with Gasteiger partial charge in [0.05, 0.1) is 18.9 Å². The van der Waals surface area contributed by atoms with E-state index in [9.17, 15) is 9.18 Å². The molecule has 1 fully saturated rings. The molecule has 0 bridgehead atoms. The number of nitrogens with one attached hydrogen (secondary N) is 1. The monoisotopic (exact) mass is 330 g/mol. The topological polar surface area (TPSA) is 67.4 Å². The minimum Gasteiger partial charge on any atom is -0.458 e. The van der Waals surface area contributed by atoms with E-state index in [-0.39, 0.29) is 18.1 Å². The number of piperidine rings is 1. The predicted octanol–water partition coefficient (Wildman–Crippen LogP) is 3.00. The molecule has 2 aromatic rings.